The molecular formula is C22H28FNO2S. The van der Waals surface area contributed by atoms with Crippen LogP contribution in [0.5, 0.6) is 5.75 Å². The molecule has 0 fully saturated rings. The molecule has 0 aliphatic rings. The highest BCUT2D eigenvalue weighted by Crippen LogP contribution is 2.32. The van der Waals surface area contributed by atoms with E-state index in [4.69, 9.17) is 4.74 Å². The maximum Gasteiger partial charge on any atom is 0.230 e. The summed E-state index contributed by atoms with van der Waals surface area (Å²) in [5, 5.41) is 3.08. The summed E-state index contributed by atoms with van der Waals surface area (Å²) in [6.45, 7) is 8.30. The van der Waals surface area contributed by atoms with Gasteiger partial charge >= 0.3 is 0 Å². The van der Waals surface area contributed by atoms with E-state index >= 15 is 0 Å². The first kappa shape index (κ1) is 21.3. The summed E-state index contributed by atoms with van der Waals surface area (Å²) in [4.78, 5) is 12.3. The van der Waals surface area contributed by atoms with Crippen molar-refractivity contribution in [2.45, 2.75) is 45.4 Å². The quantitative estimate of drug-likeness (QED) is 0.659. The topological polar surface area (TPSA) is 38.3 Å². The lowest BCUT2D eigenvalue weighted by Crippen LogP contribution is -2.28. The molecule has 5 heteroatoms. The number of halogens is 1. The lowest BCUT2D eigenvalue weighted by atomic mass is 9.93. The van der Waals surface area contributed by atoms with Gasteiger partial charge in [-0.2, -0.15) is 0 Å². The van der Waals surface area contributed by atoms with Crippen LogP contribution >= 0.6 is 11.8 Å². The number of aryl methyl sites for hydroxylation is 1. The molecule has 0 aromatic heterocycles. The van der Waals surface area contributed by atoms with E-state index in [9.17, 15) is 9.18 Å². The first-order valence-corrected chi connectivity index (χ1v) is 10.3. The van der Waals surface area contributed by atoms with Gasteiger partial charge in [0.1, 0.15) is 11.6 Å². The third-order valence-electron chi connectivity index (χ3n) is 4.50. The van der Waals surface area contributed by atoms with Gasteiger partial charge in [0.15, 0.2) is 0 Å². The molecular weight excluding hydrogens is 361 g/mol. The Morgan fingerprint density at radius 3 is 2.41 bits per heavy atom. The Labute approximate surface area is 165 Å². The number of benzene rings is 2. The summed E-state index contributed by atoms with van der Waals surface area (Å²) >= 11 is 1.52. The molecule has 0 aliphatic carbocycles. The molecule has 1 N–H and O–H groups in total. The summed E-state index contributed by atoms with van der Waals surface area (Å²) in [5.74, 6) is 2.03. The van der Waals surface area contributed by atoms with Gasteiger partial charge in [0.2, 0.25) is 5.91 Å². The molecule has 0 saturated heterocycles. The van der Waals surface area contributed by atoms with Crippen LogP contribution in [0.25, 0.3) is 0 Å². The minimum atomic E-state index is -0.244. The van der Waals surface area contributed by atoms with Gasteiger partial charge in [-0.25, -0.2) is 4.39 Å². The summed E-state index contributed by atoms with van der Waals surface area (Å²) in [6.07, 6.45) is 0. The van der Waals surface area contributed by atoms with Crippen molar-refractivity contribution in [1.29, 1.82) is 0 Å². The number of amides is 1. The van der Waals surface area contributed by atoms with E-state index in [-0.39, 0.29) is 17.8 Å². The Balaban J connectivity index is 1.95. The SMILES string of the molecule is COc1cc(C)c([C@@H](C)NC(=O)CSCc2ccc(F)cc2)cc1C(C)C. The zero-order valence-corrected chi connectivity index (χ0v) is 17.5. The minimum absolute atomic E-state index is 0.00377. The normalized spacial score (nSPS) is 12.1. The van der Waals surface area contributed by atoms with E-state index in [0.717, 1.165) is 28.0 Å². The van der Waals surface area contributed by atoms with E-state index in [1.54, 1.807) is 19.2 Å². The second-order valence-electron chi connectivity index (χ2n) is 7.01. The lowest BCUT2D eigenvalue weighted by molar-refractivity contribution is -0.119. The number of rotatable bonds is 8. The van der Waals surface area contributed by atoms with Crippen molar-refractivity contribution < 1.29 is 13.9 Å². The van der Waals surface area contributed by atoms with Crippen LogP contribution < -0.4 is 10.1 Å². The van der Waals surface area contributed by atoms with Crippen molar-refractivity contribution in [1.82, 2.24) is 5.32 Å². The molecule has 1 amide bonds. The van der Waals surface area contributed by atoms with Crippen LogP contribution in [-0.4, -0.2) is 18.8 Å². The van der Waals surface area contributed by atoms with Crippen LogP contribution in [-0.2, 0) is 10.5 Å². The molecule has 0 unspecified atom stereocenters. The summed E-state index contributed by atoms with van der Waals surface area (Å²) in [5.41, 5.74) is 4.36. The van der Waals surface area contributed by atoms with Crippen molar-refractivity contribution in [3.63, 3.8) is 0 Å². The van der Waals surface area contributed by atoms with Crippen molar-refractivity contribution in [3.05, 3.63) is 64.5 Å². The maximum absolute atomic E-state index is 12.9. The van der Waals surface area contributed by atoms with E-state index in [1.807, 2.05) is 19.9 Å². The highest BCUT2D eigenvalue weighted by molar-refractivity contribution is 7.99. The average molecular weight is 390 g/mol. The molecule has 0 radical (unpaired) electrons. The second-order valence-corrected chi connectivity index (χ2v) is 8.00. The zero-order chi connectivity index (χ0) is 20.0. The van der Waals surface area contributed by atoms with E-state index in [1.165, 1.54) is 23.9 Å². The van der Waals surface area contributed by atoms with E-state index in [2.05, 4.69) is 25.2 Å². The Morgan fingerprint density at radius 1 is 1.15 bits per heavy atom. The Hall–Kier alpha value is -2.01. The fourth-order valence-electron chi connectivity index (χ4n) is 3.01. The minimum Gasteiger partial charge on any atom is -0.496 e. The molecule has 1 atom stereocenters. The molecule has 0 saturated carbocycles. The van der Waals surface area contributed by atoms with Crippen LogP contribution in [0.2, 0.25) is 0 Å². The Kier molecular flexibility index (Phi) is 7.72. The van der Waals surface area contributed by atoms with Gasteiger partial charge in [-0.15, -0.1) is 11.8 Å². The van der Waals surface area contributed by atoms with Crippen LogP contribution in [0.15, 0.2) is 36.4 Å². The number of methoxy groups -OCH3 is 1. The van der Waals surface area contributed by atoms with Gasteiger partial charge in [0.25, 0.3) is 0 Å². The molecule has 3 nitrogen and oxygen atoms in total. The van der Waals surface area contributed by atoms with Crippen LogP contribution in [0, 0.1) is 12.7 Å². The molecule has 2 aromatic carbocycles. The summed E-state index contributed by atoms with van der Waals surface area (Å²) in [6, 6.07) is 10.5. The van der Waals surface area contributed by atoms with Gasteiger partial charge < -0.3 is 10.1 Å². The van der Waals surface area contributed by atoms with Crippen molar-refractivity contribution in [2.24, 2.45) is 0 Å². The fraction of sp³-hybridized carbons (Fsp3) is 0.409. The van der Waals surface area contributed by atoms with Crippen LogP contribution in [0.1, 0.15) is 55.0 Å². The third kappa shape index (κ3) is 5.99. The highest BCUT2D eigenvalue weighted by Gasteiger charge is 2.16. The molecule has 2 aromatic rings. The number of nitrogens with one attached hydrogen (secondary N) is 1. The van der Waals surface area contributed by atoms with Gasteiger partial charge in [-0.05, 0) is 66.3 Å². The number of ether oxygens (including phenoxy) is 1. The van der Waals surface area contributed by atoms with Crippen LogP contribution in [0.3, 0.4) is 0 Å². The number of thioether (sulfide) groups is 1. The highest BCUT2D eigenvalue weighted by atomic mass is 32.2. The first-order chi connectivity index (χ1) is 12.8. The second kappa shape index (κ2) is 9.79. The molecule has 0 bridgehead atoms. The summed E-state index contributed by atoms with van der Waals surface area (Å²) in [7, 11) is 1.68. The average Bonchev–Trinajstić information content (AvgIpc) is 2.62. The molecule has 2 rings (SSSR count). The third-order valence-corrected chi connectivity index (χ3v) is 5.50. The fourth-order valence-corrected chi connectivity index (χ4v) is 3.81. The molecule has 27 heavy (non-hydrogen) atoms. The van der Waals surface area contributed by atoms with Gasteiger partial charge in [0, 0.05) is 5.75 Å². The lowest BCUT2D eigenvalue weighted by Gasteiger charge is -2.21. The van der Waals surface area contributed by atoms with Gasteiger partial charge in [-0.1, -0.05) is 26.0 Å². The summed E-state index contributed by atoms with van der Waals surface area (Å²) < 4.78 is 18.4. The van der Waals surface area contributed by atoms with Crippen molar-refractivity contribution in [2.75, 3.05) is 12.9 Å². The van der Waals surface area contributed by atoms with Crippen molar-refractivity contribution >= 4 is 17.7 Å². The van der Waals surface area contributed by atoms with Gasteiger partial charge in [-0.3, -0.25) is 4.79 Å². The number of hydrogen-bond acceptors (Lipinski definition) is 3. The number of carbonyl (C=O) groups excluding carboxylic acids is 1. The van der Waals surface area contributed by atoms with Crippen molar-refractivity contribution in [3.8, 4) is 5.75 Å². The first-order valence-electron chi connectivity index (χ1n) is 9.11. The Bertz CT molecular complexity index is 775. The number of carbonyl (C=O) groups is 1. The molecule has 0 heterocycles. The smallest absolute Gasteiger partial charge is 0.230 e. The molecule has 146 valence electrons. The maximum atomic E-state index is 12.9. The monoisotopic (exact) mass is 389 g/mol. The number of hydrogen-bond donors (Lipinski definition) is 1. The standard InChI is InChI=1S/C22H28FNO2S/c1-14(2)19-11-20(15(3)10-21(19)26-5)16(4)24-22(25)13-27-12-17-6-8-18(23)9-7-17/h6-11,14,16H,12-13H2,1-5H3,(H,24,25)/t16-/m1/s1. The van der Waals surface area contributed by atoms with Gasteiger partial charge in [0.05, 0.1) is 18.9 Å². The van der Waals surface area contributed by atoms with E-state index in [0.29, 0.717) is 17.4 Å². The van der Waals surface area contributed by atoms with E-state index < -0.39 is 0 Å². The predicted molar refractivity (Wildman–Crippen MR) is 111 cm³/mol. The largest absolute Gasteiger partial charge is 0.496 e. The zero-order valence-electron chi connectivity index (χ0n) is 16.6. The van der Waals surface area contributed by atoms with Crippen LogP contribution in [0.4, 0.5) is 4.39 Å². The Morgan fingerprint density at radius 2 is 1.81 bits per heavy atom. The predicted octanol–water partition coefficient (Wildman–Crippen LogP) is 5.38. The molecule has 0 spiro atoms. The molecule has 0 aliphatic heterocycles.